The molecule has 1 amide bonds. The number of halogens is 3. The number of nitrogens with zero attached hydrogens (tertiary/aromatic N) is 2. The summed E-state index contributed by atoms with van der Waals surface area (Å²) in [7, 11) is 1.38. The van der Waals surface area contributed by atoms with E-state index in [0.717, 1.165) is 44.2 Å². The van der Waals surface area contributed by atoms with Crippen molar-refractivity contribution in [3.8, 4) is 17.1 Å². The number of aromatic carboxylic acids is 1. The number of anilines is 1. The van der Waals surface area contributed by atoms with Crippen molar-refractivity contribution in [1.82, 2.24) is 9.55 Å². The third-order valence-corrected chi connectivity index (χ3v) is 7.44. The number of carboxylic acid groups (broad SMARTS) is 1. The van der Waals surface area contributed by atoms with Crippen molar-refractivity contribution in [2.45, 2.75) is 38.1 Å². The van der Waals surface area contributed by atoms with Crippen molar-refractivity contribution in [2.75, 3.05) is 12.4 Å². The summed E-state index contributed by atoms with van der Waals surface area (Å²) in [6, 6.07) is 12.3. The molecule has 39 heavy (non-hydrogen) atoms. The largest absolute Gasteiger partial charge is 0.495 e. The lowest BCUT2D eigenvalue weighted by Gasteiger charge is -2.32. The molecular formula is C29H26ClF2N3O4. The molecule has 5 rings (SSSR count). The molecule has 0 bridgehead atoms. The number of hydrogen-bond acceptors (Lipinski definition) is 4. The fourth-order valence-corrected chi connectivity index (χ4v) is 5.43. The molecule has 7 nitrogen and oxygen atoms in total. The van der Waals surface area contributed by atoms with Crippen LogP contribution in [0.4, 0.5) is 14.5 Å². The van der Waals surface area contributed by atoms with Gasteiger partial charge in [-0.15, -0.1) is 0 Å². The average Bonchev–Trinajstić information content (AvgIpc) is 3.27. The maximum Gasteiger partial charge on any atom is 0.335 e. The summed E-state index contributed by atoms with van der Waals surface area (Å²) in [5.74, 6) is -3.14. The number of methoxy groups -OCH3 is 1. The van der Waals surface area contributed by atoms with Gasteiger partial charge in [-0.1, -0.05) is 30.9 Å². The van der Waals surface area contributed by atoms with Gasteiger partial charge in [-0.25, -0.2) is 18.6 Å². The highest BCUT2D eigenvalue weighted by Crippen LogP contribution is 2.40. The zero-order valence-electron chi connectivity index (χ0n) is 21.1. The van der Waals surface area contributed by atoms with E-state index in [1.165, 1.54) is 25.3 Å². The molecule has 202 valence electrons. The van der Waals surface area contributed by atoms with E-state index in [0.29, 0.717) is 22.1 Å². The van der Waals surface area contributed by atoms with Gasteiger partial charge in [0.25, 0.3) is 0 Å². The molecule has 1 aromatic heterocycles. The lowest BCUT2D eigenvalue weighted by molar-refractivity contribution is -0.121. The maximum absolute atomic E-state index is 14.6. The smallest absolute Gasteiger partial charge is 0.335 e. The third kappa shape index (κ3) is 5.31. The molecule has 1 aliphatic rings. The first-order valence-corrected chi connectivity index (χ1v) is 13.0. The molecule has 0 aliphatic heterocycles. The number of imidazole rings is 1. The minimum absolute atomic E-state index is 0.0109. The van der Waals surface area contributed by atoms with Crippen molar-refractivity contribution < 1.29 is 28.2 Å². The van der Waals surface area contributed by atoms with Crippen LogP contribution in [0.15, 0.2) is 54.6 Å². The number of carboxylic acids is 1. The molecule has 3 aromatic carbocycles. The van der Waals surface area contributed by atoms with Crippen LogP contribution in [0.2, 0.25) is 5.02 Å². The van der Waals surface area contributed by atoms with E-state index >= 15 is 0 Å². The van der Waals surface area contributed by atoms with Crippen molar-refractivity contribution in [3.63, 3.8) is 0 Å². The van der Waals surface area contributed by atoms with Crippen LogP contribution >= 0.6 is 11.6 Å². The van der Waals surface area contributed by atoms with Gasteiger partial charge in [-0.3, -0.25) is 4.79 Å². The van der Waals surface area contributed by atoms with Crippen LogP contribution < -0.4 is 10.1 Å². The molecule has 1 heterocycles. The SMILES string of the molecule is COc1cc(C(=O)O)ccc1NC(=O)C(C1CCCCC1)n1c(-c2ccc(Cl)cc2)nc2cc(F)c(F)cc21. The Bertz CT molecular complexity index is 1550. The van der Waals surface area contributed by atoms with Gasteiger partial charge in [-0.05, 0) is 61.2 Å². The van der Waals surface area contributed by atoms with Gasteiger partial charge in [0.2, 0.25) is 5.91 Å². The number of carbonyl (C=O) groups excluding carboxylic acids is 1. The summed E-state index contributed by atoms with van der Waals surface area (Å²) >= 11 is 6.10. The summed E-state index contributed by atoms with van der Waals surface area (Å²) < 4.78 is 35.8. The van der Waals surface area contributed by atoms with Crippen molar-refractivity contribution in [2.24, 2.45) is 5.92 Å². The number of amides is 1. The van der Waals surface area contributed by atoms with E-state index in [-0.39, 0.29) is 28.3 Å². The Morgan fingerprint density at radius 1 is 1.05 bits per heavy atom. The van der Waals surface area contributed by atoms with Crippen molar-refractivity contribution in [1.29, 1.82) is 0 Å². The van der Waals surface area contributed by atoms with Crippen molar-refractivity contribution >= 4 is 40.2 Å². The summed E-state index contributed by atoms with van der Waals surface area (Å²) in [6.45, 7) is 0. The molecule has 2 N–H and O–H groups in total. The number of aromatic nitrogens is 2. The van der Waals surface area contributed by atoms with E-state index in [1.54, 1.807) is 28.8 Å². The van der Waals surface area contributed by atoms with Gasteiger partial charge in [0, 0.05) is 22.7 Å². The zero-order chi connectivity index (χ0) is 27.7. The fourth-order valence-electron chi connectivity index (χ4n) is 5.30. The maximum atomic E-state index is 14.6. The minimum Gasteiger partial charge on any atom is -0.495 e. The number of fused-ring (bicyclic) bond motifs is 1. The average molecular weight is 554 g/mol. The second-order valence-electron chi connectivity index (χ2n) is 9.62. The molecule has 1 aliphatic carbocycles. The first-order chi connectivity index (χ1) is 18.8. The summed E-state index contributed by atoms with van der Waals surface area (Å²) in [5.41, 5.74) is 1.45. The minimum atomic E-state index is -1.13. The van der Waals surface area contributed by atoms with E-state index < -0.39 is 29.6 Å². The zero-order valence-corrected chi connectivity index (χ0v) is 21.8. The van der Waals surface area contributed by atoms with Crippen LogP contribution in [0, 0.1) is 17.6 Å². The Balaban J connectivity index is 1.67. The summed E-state index contributed by atoms with van der Waals surface area (Å²) in [4.78, 5) is 30.2. The normalized spacial score (nSPS) is 14.8. The van der Waals surface area contributed by atoms with Crippen LogP contribution in [0.1, 0.15) is 48.5 Å². The van der Waals surface area contributed by atoms with Crippen LogP contribution in [0.5, 0.6) is 5.75 Å². The van der Waals surface area contributed by atoms with Gasteiger partial charge in [0.15, 0.2) is 11.6 Å². The molecule has 0 saturated heterocycles. The number of carbonyl (C=O) groups is 2. The van der Waals surface area contributed by atoms with Gasteiger partial charge in [0.05, 0.1) is 29.4 Å². The first kappa shape index (κ1) is 26.6. The molecule has 1 atom stereocenters. The molecule has 1 fully saturated rings. The number of benzene rings is 3. The Labute approximate surface area is 228 Å². The van der Waals surface area contributed by atoms with Gasteiger partial charge in [-0.2, -0.15) is 0 Å². The molecular weight excluding hydrogens is 528 g/mol. The topological polar surface area (TPSA) is 93.5 Å². The monoisotopic (exact) mass is 553 g/mol. The van der Waals surface area contributed by atoms with Gasteiger partial charge < -0.3 is 19.7 Å². The van der Waals surface area contributed by atoms with Crippen LogP contribution in [-0.2, 0) is 4.79 Å². The standard InChI is InChI=1S/C29H26ClF2N3O4/c1-39-25-13-18(29(37)38)9-12-22(25)34-28(36)26(16-5-3-2-4-6-16)35-24-15-21(32)20(31)14-23(24)33-27(35)17-7-10-19(30)11-8-17/h7-16,26H,2-6H2,1H3,(H,34,36)(H,37,38). The van der Waals surface area contributed by atoms with Crippen LogP contribution in [0.25, 0.3) is 22.4 Å². The van der Waals surface area contributed by atoms with E-state index in [1.807, 2.05) is 0 Å². The van der Waals surface area contributed by atoms with Crippen LogP contribution in [0.3, 0.4) is 0 Å². The Morgan fingerprint density at radius 3 is 2.41 bits per heavy atom. The predicted molar refractivity (Wildman–Crippen MR) is 144 cm³/mol. The van der Waals surface area contributed by atoms with E-state index in [9.17, 15) is 23.5 Å². The van der Waals surface area contributed by atoms with Gasteiger partial charge >= 0.3 is 5.97 Å². The van der Waals surface area contributed by atoms with Crippen molar-refractivity contribution in [3.05, 3.63) is 76.8 Å². The highest BCUT2D eigenvalue weighted by molar-refractivity contribution is 6.30. The molecule has 10 heteroatoms. The fraction of sp³-hybridized carbons (Fsp3) is 0.276. The highest BCUT2D eigenvalue weighted by Gasteiger charge is 2.35. The van der Waals surface area contributed by atoms with Crippen LogP contribution in [-0.4, -0.2) is 33.6 Å². The predicted octanol–water partition coefficient (Wildman–Crippen LogP) is 7.10. The number of rotatable bonds is 7. The molecule has 0 radical (unpaired) electrons. The third-order valence-electron chi connectivity index (χ3n) is 7.18. The summed E-state index contributed by atoms with van der Waals surface area (Å²) in [6.07, 6.45) is 4.42. The van der Waals surface area contributed by atoms with Gasteiger partial charge in [0.1, 0.15) is 17.6 Å². The lowest BCUT2D eigenvalue weighted by Crippen LogP contribution is -2.33. The molecule has 4 aromatic rings. The lowest BCUT2D eigenvalue weighted by atomic mass is 9.83. The molecule has 0 spiro atoms. The Kier molecular flexibility index (Phi) is 7.52. The second kappa shape index (κ2) is 11.0. The molecule has 1 unspecified atom stereocenters. The quantitative estimate of drug-likeness (QED) is 0.254. The Morgan fingerprint density at radius 2 is 1.74 bits per heavy atom. The first-order valence-electron chi connectivity index (χ1n) is 12.6. The second-order valence-corrected chi connectivity index (χ2v) is 10.1. The highest BCUT2D eigenvalue weighted by atomic mass is 35.5. The summed E-state index contributed by atoms with van der Waals surface area (Å²) in [5, 5.41) is 12.7. The number of nitrogens with one attached hydrogen (secondary N) is 1. The number of hydrogen-bond donors (Lipinski definition) is 2. The van der Waals surface area contributed by atoms with E-state index in [4.69, 9.17) is 16.3 Å². The molecule has 1 saturated carbocycles. The Hall–Kier alpha value is -3.98. The number of ether oxygens (including phenoxy) is 1. The van der Waals surface area contributed by atoms with E-state index in [2.05, 4.69) is 10.3 Å².